The van der Waals surface area contributed by atoms with Gasteiger partial charge in [0.2, 0.25) is 0 Å². The van der Waals surface area contributed by atoms with Gasteiger partial charge in [-0.1, -0.05) is 6.07 Å². The highest BCUT2D eigenvalue weighted by Crippen LogP contribution is 1.94. The maximum Gasteiger partial charge on any atom is 0.138 e. The van der Waals surface area contributed by atoms with Crippen LogP contribution in [0.3, 0.4) is 0 Å². The summed E-state index contributed by atoms with van der Waals surface area (Å²) in [4.78, 5) is 8.03. The number of aromatic nitrogens is 4. The van der Waals surface area contributed by atoms with Crippen LogP contribution in [-0.2, 0) is 13.1 Å². The summed E-state index contributed by atoms with van der Waals surface area (Å²) < 4.78 is 0. The Morgan fingerprint density at radius 2 is 2.36 bits per heavy atom. The van der Waals surface area contributed by atoms with Crippen molar-refractivity contribution in [2.45, 2.75) is 13.1 Å². The third-order valence-electron chi connectivity index (χ3n) is 1.81. The maximum atomic E-state index is 4.02. The Labute approximate surface area is 81.6 Å². The summed E-state index contributed by atoms with van der Waals surface area (Å²) in [6, 6.07) is 3.95. The molecule has 5 heteroatoms. The molecule has 2 rings (SSSR count). The molecule has 0 spiro atoms. The molecule has 0 amide bonds. The van der Waals surface area contributed by atoms with E-state index in [4.69, 9.17) is 0 Å². The Hall–Kier alpha value is -1.75. The van der Waals surface area contributed by atoms with E-state index in [-0.39, 0.29) is 0 Å². The zero-order valence-corrected chi connectivity index (χ0v) is 7.64. The summed E-state index contributed by atoms with van der Waals surface area (Å²) in [6.07, 6.45) is 5.11. The first-order valence-corrected chi connectivity index (χ1v) is 4.39. The molecule has 0 atom stereocenters. The lowest BCUT2D eigenvalue weighted by Crippen LogP contribution is -2.13. The molecule has 0 aliphatic rings. The zero-order chi connectivity index (χ0) is 9.64. The summed E-state index contributed by atoms with van der Waals surface area (Å²) in [7, 11) is 0. The van der Waals surface area contributed by atoms with Crippen molar-refractivity contribution in [3.8, 4) is 0 Å². The van der Waals surface area contributed by atoms with Crippen LogP contribution in [0.15, 0.2) is 30.9 Å². The van der Waals surface area contributed by atoms with Crippen molar-refractivity contribution in [2.24, 2.45) is 0 Å². The fourth-order valence-electron chi connectivity index (χ4n) is 1.14. The van der Waals surface area contributed by atoms with Crippen molar-refractivity contribution in [3.05, 3.63) is 42.2 Å². The number of nitrogens with one attached hydrogen (secondary N) is 2. The van der Waals surface area contributed by atoms with E-state index in [1.54, 1.807) is 6.20 Å². The van der Waals surface area contributed by atoms with Crippen LogP contribution in [-0.4, -0.2) is 20.2 Å². The van der Waals surface area contributed by atoms with Crippen molar-refractivity contribution >= 4 is 0 Å². The second-order valence-electron chi connectivity index (χ2n) is 2.90. The molecule has 0 unspecified atom stereocenters. The molecule has 14 heavy (non-hydrogen) atoms. The quantitative estimate of drug-likeness (QED) is 0.734. The lowest BCUT2D eigenvalue weighted by atomic mass is 10.3. The number of H-pyrrole nitrogens is 1. The van der Waals surface area contributed by atoms with E-state index in [0.717, 1.165) is 17.9 Å². The lowest BCUT2D eigenvalue weighted by Gasteiger charge is -2.01. The Morgan fingerprint density at radius 1 is 1.36 bits per heavy atom. The minimum atomic E-state index is 0.689. The molecule has 0 aromatic carbocycles. The molecule has 0 aliphatic heterocycles. The van der Waals surface area contributed by atoms with Gasteiger partial charge in [-0.3, -0.25) is 10.1 Å². The molecule has 0 aliphatic carbocycles. The highest BCUT2D eigenvalue weighted by Gasteiger charge is 1.95. The Balaban J connectivity index is 1.79. The van der Waals surface area contributed by atoms with Crippen molar-refractivity contribution in [1.29, 1.82) is 0 Å². The van der Waals surface area contributed by atoms with Gasteiger partial charge in [-0.2, -0.15) is 5.10 Å². The monoisotopic (exact) mass is 189 g/mol. The fraction of sp³-hybridized carbons (Fsp3) is 0.222. The van der Waals surface area contributed by atoms with Gasteiger partial charge in [-0.25, -0.2) is 4.98 Å². The van der Waals surface area contributed by atoms with Gasteiger partial charge in [-0.15, -0.1) is 0 Å². The highest BCUT2D eigenvalue weighted by atomic mass is 15.2. The van der Waals surface area contributed by atoms with E-state index in [1.165, 1.54) is 6.33 Å². The first-order chi connectivity index (χ1) is 6.95. The molecule has 0 bridgehead atoms. The second-order valence-corrected chi connectivity index (χ2v) is 2.90. The molecule has 0 saturated carbocycles. The van der Waals surface area contributed by atoms with Crippen LogP contribution in [0.25, 0.3) is 0 Å². The maximum absolute atomic E-state index is 4.02. The number of rotatable bonds is 4. The van der Waals surface area contributed by atoms with Crippen molar-refractivity contribution in [1.82, 2.24) is 25.5 Å². The molecule has 5 nitrogen and oxygen atoms in total. The smallest absolute Gasteiger partial charge is 0.138 e. The van der Waals surface area contributed by atoms with Crippen LogP contribution in [0.5, 0.6) is 0 Å². The largest absolute Gasteiger partial charge is 0.306 e. The topological polar surface area (TPSA) is 66.5 Å². The minimum Gasteiger partial charge on any atom is -0.306 e. The number of pyridine rings is 1. The van der Waals surface area contributed by atoms with Gasteiger partial charge in [0.1, 0.15) is 12.2 Å². The van der Waals surface area contributed by atoms with Gasteiger partial charge in [0, 0.05) is 18.9 Å². The molecule has 0 saturated heterocycles. The second kappa shape index (κ2) is 4.48. The third kappa shape index (κ3) is 2.37. The molecular formula is C9H11N5. The van der Waals surface area contributed by atoms with Crippen LogP contribution >= 0.6 is 0 Å². The standard InChI is InChI=1S/C9H11N5/c1-2-8(4-10-3-1)5-11-6-9-12-7-13-14-9/h1-4,7,11H,5-6H2,(H,12,13,14). The highest BCUT2D eigenvalue weighted by molar-refractivity contribution is 5.07. The number of hydrogen-bond acceptors (Lipinski definition) is 4. The molecular weight excluding hydrogens is 178 g/mol. The van der Waals surface area contributed by atoms with Gasteiger partial charge < -0.3 is 5.32 Å². The molecule has 2 N–H and O–H groups in total. The van der Waals surface area contributed by atoms with Crippen LogP contribution in [0, 0.1) is 0 Å². The summed E-state index contributed by atoms with van der Waals surface area (Å²) in [5.41, 5.74) is 1.16. The van der Waals surface area contributed by atoms with E-state index >= 15 is 0 Å². The SMILES string of the molecule is c1cncc(CNCc2ncn[nH]2)c1. The molecule has 72 valence electrons. The minimum absolute atomic E-state index is 0.689. The lowest BCUT2D eigenvalue weighted by molar-refractivity contribution is 0.663. The predicted octanol–water partition coefficient (Wildman–Crippen LogP) is 0.489. The van der Waals surface area contributed by atoms with Crippen molar-refractivity contribution in [2.75, 3.05) is 0 Å². The van der Waals surface area contributed by atoms with Crippen LogP contribution in [0.4, 0.5) is 0 Å². The normalized spacial score (nSPS) is 10.3. The summed E-state index contributed by atoms with van der Waals surface area (Å²) >= 11 is 0. The third-order valence-corrected chi connectivity index (χ3v) is 1.81. The summed E-state index contributed by atoms with van der Waals surface area (Å²) in [6.45, 7) is 1.48. The molecule has 0 fully saturated rings. The molecule has 2 aromatic rings. The van der Waals surface area contributed by atoms with E-state index in [0.29, 0.717) is 6.54 Å². The predicted molar refractivity (Wildman–Crippen MR) is 51.2 cm³/mol. The van der Waals surface area contributed by atoms with E-state index in [1.807, 2.05) is 18.3 Å². The molecule has 2 heterocycles. The first kappa shape index (κ1) is 8.83. The number of nitrogens with zero attached hydrogens (tertiary/aromatic N) is 3. The van der Waals surface area contributed by atoms with E-state index in [2.05, 4.69) is 25.5 Å². The molecule has 2 aromatic heterocycles. The van der Waals surface area contributed by atoms with E-state index in [9.17, 15) is 0 Å². The van der Waals surface area contributed by atoms with Gasteiger partial charge in [-0.05, 0) is 11.6 Å². The van der Waals surface area contributed by atoms with Gasteiger partial charge in [0.05, 0.1) is 6.54 Å². The number of aromatic amines is 1. The average Bonchev–Trinajstić information content (AvgIpc) is 2.72. The van der Waals surface area contributed by atoms with Crippen molar-refractivity contribution in [3.63, 3.8) is 0 Å². The average molecular weight is 189 g/mol. The molecule has 0 radical (unpaired) electrons. The number of hydrogen-bond donors (Lipinski definition) is 2. The Kier molecular flexibility index (Phi) is 2.82. The first-order valence-electron chi connectivity index (χ1n) is 4.39. The fourth-order valence-corrected chi connectivity index (χ4v) is 1.14. The Morgan fingerprint density at radius 3 is 3.07 bits per heavy atom. The van der Waals surface area contributed by atoms with Gasteiger partial charge in [0.25, 0.3) is 0 Å². The van der Waals surface area contributed by atoms with E-state index < -0.39 is 0 Å². The summed E-state index contributed by atoms with van der Waals surface area (Å²) in [5, 5.41) is 9.77. The van der Waals surface area contributed by atoms with Crippen LogP contribution < -0.4 is 5.32 Å². The van der Waals surface area contributed by atoms with Crippen molar-refractivity contribution < 1.29 is 0 Å². The van der Waals surface area contributed by atoms with Crippen LogP contribution in [0.2, 0.25) is 0 Å². The summed E-state index contributed by atoms with van der Waals surface area (Å²) in [5.74, 6) is 0.842. The van der Waals surface area contributed by atoms with Gasteiger partial charge >= 0.3 is 0 Å². The Bertz CT molecular complexity index is 356. The van der Waals surface area contributed by atoms with Gasteiger partial charge in [0.15, 0.2) is 0 Å². The zero-order valence-electron chi connectivity index (χ0n) is 7.64. The van der Waals surface area contributed by atoms with Crippen LogP contribution in [0.1, 0.15) is 11.4 Å².